The third-order valence-electron chi connectivity index (χ3n) is 1.24. The zero-order valence-corrected chi connectivity index (χ0v) is 7.78. The molecule has 6 heteroatoms. The maximum absolute atomic E-state index is 10.3. The van der Waals surface area contributed by atoms with Crippen LogP contribution in [-0.2, 0) is 10.7 Å². The number of benzene rings is 1. The molecule has 0 bridgehead atoms. The second-order valence-electron chi connectivity index (χ2n) is 2.18. The summed E-state index contributed by atoms with van der Waals surface area (Å²) in [5.74, 6) is 0. The summed E-state index contributed by atoms with van der Waals surface area (Å²) in [6.07, 6.45) is 0. The first-order chi connectivity index (χ1) is 6.11. The molecule has 0 heterocycles. The zero-order chi connectivity index (χ0) is 10.3. The van der Waals surface area contributed by atoms with Gasteiger partial charge in [0.05, 0.1) is 4.90 Å². The van der Waals surface area contributed by atoms with Crippen LogP contribution in [0, 0.1) is 17.0 Å². The predicted molar refractivity (Wildman–Crippen MR) is 47.5 cm³/mol. The Labute approximate surface area is 76.9 Å². The Hall–Kier alpha value is -1.43. The van der Waals surface area contributed by atoms with Crippen LogP contribution in [0.3, 0.4) is 0 Å². The second kappa shape index (κ2) is 6.13. The van der Waals surface area contributed by atoms with Crippen LogP contribution in [-0.4, -0.2) is 8.42 Å². The average molecular weight is 203 g/mol. The van der Waals surface area contributed by atoms with E-state index in [1.807, 2.05) is 6.92 Å². The molecule has 1 aromatic rings. The van der Waals surface area contributed by atoms with E-state index in [0.29, 0.717) is 4.90 Å². The molecule has 5 nitrogen and oxygen atoms in total. The molecule has 0 radical (unpaired) electrons. The standard InChI is InChI=1S/C7H8O2S.HNO2/c1-6-2-4-7(5-3-6)10(8)9;2-1-3/h2-5,10H,1H3;1H. The molecule has 0 aliphatic heterocycles. The van der Waals surface area contributed by atoms with Crippen LogP contribution in [0.5, 0.6) is 0 Å². The first-order valence-electron chi connectivity index (χ1n) is 3.32. The molecule has 0 aliphatic carbocycles. The highest BCUT2D eigenvalue weighted by Crippen LogP contribution is 2.02. The molecule has 13 heavy (non-hydrogen) atoms. The van der Waals surface area contributed by atoms with Gasteiger partial charge < -0.3 is 0 Å². The summed E-state index contributed by atoms with van der Waals surface area (Å²) in [6, 6.07) is 6.75. The van der Waals surface area contributed by atoms with Crippen LogP contribution in [0.15, 0.2) is 29.2 Å². The normalized spacial score (nSPS) is 8.77. The number of aryl methyl sites for hydroxylation is 1. The van der Waals surface area contributed by atoms with Gasteiger partial charge >= 0.3 is 0 Å². The predicted octanol–water partition coefficient (Wildman–Crippen LogP) is -0.703. The molecule has 0 amide bonds. The van der Waals surface area contributed by atoms with Gasteiger partial charge in [-0.2, -0.15) is 0 Å². The van der Waals surface area contributed by atoms with Gasteiger partial charge in [0.2, 0.25) is 0 Å². The summed E-state index contributed by atoms with van der Waals surface area (Å²) in [4.78, 5) is 8.50. The van der Waals surface area contributed by atoms with E-state index in [-0.39, 0.29) is 5.34 Å². The second-order valence-corrected chi connectivity index (χ2v) is 3.21. The van der Waals surface area contributed by atoms with E-state index in [2.05, 4.69) is 0 Å². The summed E-state index contributed by atoms with van der Waals surface area (Å²) < 4.78 is 20.7. The minimum Gasteiger partial charge on any atom is -0.267 e. The highest BCUT2D eigenvalue weighted by atomic mass is 32.2. The van der Waals surface area contributed by atoms with Gasteiger partial charge in [-0.25, -0.2) is 8.42 Å². The third-order valence-corrected chi connectivity index (χ3v) is 1.96. The van der Waals surface area contributed by atoms with E-state index in [0.717, 1.165) is 5.56 Å². The van der Waals surface area contributed by atoms with E-state index in [1.165, 1.54) is 0 Å². The third kappa shape index (κ3) is 4.91. The first kappa shape index (κ1) is 11.6. The van der Waals surface area contributed by atoms with Crippen molar-refractivity contribution in [1.29, 1.82) is 0 Å². The van der Waals surface area contributed by atoms with Gasteiger partial charge in [-0.3, -0.25) is 10.1 Å². The largest absolute Gasteiger partial charge is 0.267 e. The minimum atomic E-state index is -2.41. The number of thiol groups is 1. The fraction of sp³-hybridized carbons (Fsp3) is 0.143. The highest BCUT2D eigenvalue weighted by Gasteiger charge is 1.90. The fourth-order valence-electron chi connectivity index (χ4n) is 0.666. The minimum absolute atomic E-state index is 0.250. The van der Waals surface area contributed by atoms with E-state index in [9.17, 15) is 8.42 Å². The maximum atomic E-state index is 10.3. The van der Waals surface area contributed by atoms with Crippen molar-refractivity contribution >= 4 is 10.7 Å². The quantitative estimate of drug-likeness (QED) is 0.359. The molecule has 1 aromatic carbocycles. The molecule has 0 aromatic heterocycles. The van der Waals surface area contributed by atoms with E-state index >= 15 is 0 Å². The van der Waals surface area contributed by atoms with Crippen molar-refractivity contribution in [2.45, 2.75) is 11.8 Å². The number of rotatable bonds is 1. The Balaban J connectivity index is 0.000000424. The van der Waals surface area contributed by atoms with E-state index < -0.39 is 10.7 Å². The molecule has 72 valence electrons. The molecule has 0 unspecified atom stereocenters. The van der Waals surface area contributed by atoms with E-state index in [1.54, 1.807) is 24.3 Å². The lowest BCUT2D eigenvalue weighted by Crippen LogP contribution is -2.53. The number of nitrogens with one attached hydrogen (secondary N) is 1. The van der Waals surface area contributed by atoms with Crippen molar-refractivity contribution in [3.8, 4) is 0 Å². The van der Waals surface area contributed by atoms with Crippen molar-refractivity contribution in [3.63, 3.8) is 0 Å². The molecule has 0 saturated carbocycles. The van der Waals surface area contributed by atoms with E-state index in [4.69, 9.17) is 10.1 Å². The Morgan fingerprint density at radius 2 is 1.62 bits per heavy atom. The molecule has 1 rings (SSSR count). The van der Waals surface area contributed by atoms with Gasteiger partial charge in [-0.15, -0.1) is 0 Å². The summed E-state index contributed by atoms with van der Waals surface area (Å²) in [5.41, 5.74) is 1.07. The zero-order valence-electron chi connectivity index (χ0n) is 6.89. The lowest BCUT2D eigenvalue weighted by molar-refractivity contribution is -0.398. The van der Waals surface area contributed by atoms with Crippen molar-refractivity contribution in [1.82, 2.24) is 0 Å². The van der Waals surface area contributed by atoms with Gasteiger partial charge in [0, 0.05) is 5.34 Å². The SMILES string of the molecule is Cc1ccc([SH](=O)=O)cc1.O=[NH+][O-]. The van der Waals surface area contributed by atoms with Gasteiger partial charge in [-0.1, -0.05) is 17.7 Å². The lowest BCUT2D eigenvalue weighted by Gasteiger charge is -1.90. The smallest absolute Gasteiger partial charge is 0.168 e. The Morgan fingerprint density at radius 1 is 1.23 bits per heavy atom. The monoisotopic (exact) mass is 203 g/mol. The molecule has 0 saturated heterocycles. The topological polar surface area (TPSA) is 88.2 Å². The van der Waals surface area contributed by atoms with Gasteiger partial charge in [0.15, 0.2) is 10.7 Å². The maximum Gasteiger partial charge on any atom is 0.168 e. The van der Waals surface area contributed by atoms with Crippen molar-refractivity contribution in [2.75, 3.05) is 0 Å². The fourth-order valence-corrected chi connectivity index (χ4v) is 1.06. The summed E-state index contributed by atoms with van der Waals surface area (Å²) in [6.45, 7) is 1.92. The lowest BCUT2D eigenvalue weighted by atomic mass is 10.2. The van der Waals surface area contributed by atoms with Crippen LogP contribution in [0.1, 0.15) is 5.56 Å². The Morgan fingerprint density at radius 3 is 1.92 bits per heavy atom. The molecule has 1 N–H and O–H groups in total. The summed E-state index contributed by atoms with van der Waals surface area (Å²) in [5, 5.41) is 8.38. The van der Waals surface area contributed by atoms with Crippen LogP contribution in [0.4, 0.5) is 0 Å². The Bertz CT molecular complexity index is 323. The summed E-state index contributed by atoms with van der Waals surface area (Å²) in [7, 11) is -2.41. The molecular formula is C7H9NO4S. The number of hydrogen-bond donors (Lipinski definition) is 2. The van der Waals surface area contributed by atoms with Crippen LogP contribution in [0.2, 0.25) is 0 Å². The van der Waals surface area contributed by atoms with Crippen molar-refractivity contribution < 1.29 is 13.8 Å². The van der Waals surface area contributed by atoms with Crippen molar-refractivity contribution in [2.24, 2.45) is 0 Å². The van der Waals surface area contributed by atoms with Crippen molar-refractivity contribution in [3.05, 3.63) is 39.9 Å². The summed E-state index contributed by atoms with van der Waals surface area (Å²) >= 11 is 0. The molecular weight excluding hydrogens is 194 g/mol. The molecule has 0 spiro atoms. The van der Waals surface area contributed by atoms with Crippen LogP contribution < -0.4 is 5.34 Å². The van der Waals surface area contributed by atoms with Crippen LogP contribution >= 0.6 is 0 Å². The molecule has 0 atom stereocenters. The number of hydrogen-bond acceptors (Lipinski definition) is 4. The molecule has 0 aliphatic rings. The highest BCUT2D eigenvalue weighted by molar-refractivity contribution is 7.72. The van der Waals surface area contributed by atoms with Gasteiger partial charge in [0.25, 0.3) is 0 Å². The van der Waals surface area contributed by atoms with Gasteiger partial charge in [-0.05, 0) is 19.1 Å². The first-order valence-corrected chi connectivity index (χ1v) is 4.50. The average Bonchev–Trinajstić information content (AvgIpc) is 2.06. The Kier molecular flexibility index (Phi) is 5.45. The molecule has 0 fully saturated rings. The van der Waals surface area contributed by atoms with Gasteiger partial charge in [0.1, 0.15) is 0 Å². The van der Waals surface area contributed by atoms with Crippen LogP contribution in [0.25, 0.3) is 0 Å².